The number of nitrogens with two attached hydrogens (primary N) is 1. The van der Waals surface area contributed by atoms with E-state index in [2.05, 4.69) is 0 Å². The number of halogens is 1. The zero-order chi connectivity index (χ0) is 15.9. The van der Waals surface area contributed by atoms with Crippen LogP contribution in [-0.2, 0) is 14.3 Å². The van der Waals surface area contributed by atoms with Gasteiger partial charge in [0.05, 0.1) is 7.11 Å². The van der Waals surface area contributed by atoms with Gasteiger partial charge in [0, 0.05) is 28.4 Å². The molecule has 1 fully saturated rings. The number of benzene rings is 1. The van der Waals surface area contributed by atoms with Gasteiger partial charge in [-0.3, -0.25) is 4.79 Å². The minimum atomic E-state index is -0.475. The number of hydrogen-bond acceptors (Lipinski definition) is 4. The number of ether oxygens (including phenoxy) is 1. The molecule has 2 aliphatic heterocycles. The first-order valence-electron chi connectivity index (χ1n) is 7.17. The van der Waals surface area contributed by atoms with Gasteiger partial charge in [0.2, 0.25) is 5.91 Å². The van der Waals surface area contributed by atoms with E-state index in [-0.39, 0.29) is 17.9 Å². The molecule has 3 rings (SSSR count). The van der Waals surface area contributed by atoms with E-state index >= 15 is 0 Å². The molecule has 1 saturated heterocycles. The van der Waals surface area contributed by atoms with Crippen LogP contribution in [0.1, 0.15) is 24.8 Å². The number of carbonyl (C=O) groups excluding carboxylic acids is 2. The van der Waals surface area contributed by atoms with Crippen LogP contribution in [0.15, 0.2) is 24.3 Å². The lowest BCUT2D eigenvalue weighted by Gasteiger charge is -2.32. The topological polar surface area (TPSA) is 72.6 Å². The highest BCUT2D eigenvalue weighted by molar-refractivity contribution is 6.30. The van der Waals surface area contributed by atoms with Crippen LogP contribution in [0.2, 0.25) is 5.02 Å². The average molecular weight is 321 g/mol. The van der Waals surface area contributed by atoms with Gasteiger partial charge in [-0.15, -0.1) is 0 Å². The van der Waals surface area contributed by atoms with Crippen molar-refractivity contribution in [3.8, 4) is 0 Å². The molecule has 22 heavy (non-hydrogen) atoms. The number of hydrogen-bond donors (Lipinski definition) is 1. The van der Waals surface area contributed by atoms with Crippen LogP contribution in [0.3, 0.4) is 0 Å². The number of methoxy groups -OCH3 is 1. The lowest BCUT2D eigenvalue weighted by atomic mass is 9.93. The number of nitrogens with zero attached hydrogens (tertiary/aromatic N) is 1. The maximum Gasteiger partial charge on any atom is 0.328 e. The fourth-order valence-corrected chi connectivity index (χ4v) is 3.49. The van der Waals surface area contributed by atoms with Crippen molar-refractivity contribution in [3.63, 3.8) is 0 Å². The number of amides is 1. The second-order valence-electron chi connectivity index (χ2n) is 5.62. The predicted molar refractivity (Wildman–Crippen MR) is 84.1 cm³/mol. The lowest BCUT2D eigenvalue weighted by Crippen LogP contribution is -2.46. The van der Waals surface area contributed by atoms with E-state index in [1.165, 1.54) is 7.11 Å². The van der Waals surface area contributed by atoms with E-state index in [1.807, 2.05) is 0 Å². The maximum absolute atomic E-state index is 12.5. The molecule has 0 aliphatic carbocycles. The normalized spacial score (nSPS) is 24.0. The van der Waals surface area contributed by atoms with E-state index in [0.29, 0.717) is 23.6 Å². The van der Waals surface area contributed by atoms with E-state index in [1.54, 1.807) is 29.2 Å². The minimum Gasteiger partial charge on any atom is -0.467 e. The summed E-state index contributed by atoms with van der Waals surface area (Å²) in [4.78, 5) is 25.9. The number of rotatable bonds is 2. The molecule has 5 nitrogen and oxygen atoms in total. The van der Waals surface area contributed by atoms with Gasteiger partial charge in [-0.25, -0.2) is 4.79 Å². The molecule has 0 spiro atoms. The number of carbonyl (C=O) groups is 2. The molecule has 1 amide bonds. The van der Waals surface area contributed by atoms with Gasteiger partial charge in [-0.2, -0.15) is 0 Å². The lowest BCUT2D eigenvalue weighted by molar-refractivity contribution is -0.150. The van der Waals surface area contributed by atoms with Crippen molar-refractivity contribution in [2.24, 2.45) is 0 Å². The van der Waals surface area contributed by atoms with Gasteiger partial charge in [-0.1, -0.05) is 11.6 Å². The quantitative estimate of drug-likeness (QED) is 0.670. The summed E-state index contributed by atoms with van der Waals surface area (Å²) in [6.07, 6.45) is 3.64. The standard InChI is InChI=1S/C16H17ClN2O3/c1-22-16(21)14-5-3-11-6-9(7-15(20)19(11)14)12-8-10(17)2-4-13(12)18/h2,4,7-8,11,14H,3,5-6,18H2,1H3/t11?,14-/m0/s1. The molecule has 1 aromatic carbocycles. The Morgan fingerprint density at radius 1 is 1.41 bits per heavy atom. The fourth-order valence-electron chi connectivity index (χ4n) is 3.31. The molecular formula is C16H17ClN2O3. The van der Waals surface area contributed by atoms with Gasteiger partial charge in [-0.05, 0) is 43.0 Å². The van der Waals surface area contributed by atoms with Crippen LogP contribution in [0, 0.1) is 0 Å². The molecular weight excluding hydrogens is 304 g/mol. The van der Waals surface area contributed by atoms with Gasteiger partial charge >= 0.3 is 5.97 Å². The summed E-state index contributed by atoms with van der Waals surface area (Å²) in [6.45, 7) is 0. The van der Waals surface area contributed by atoms with Crippen molar-refractivity contribution < 1.29 is 14.3 Å². The van der Waals surface area contributed by atoms with Crippen molar-refractivity contribution >= 4 is 34.7 Å². The molecule has 0 radical (unpaired) electrons. The molecule has 1 unspecified atom stereocenters. The molecule has 6 heteroatoms. The summed E-state index contributed by atoms with van der Waals surface area (Å²) in [7, 11) is 1.35. The summed E-state index contributed by atoms with van der Waals surface area (Å²) < 4.78 is 4.79. The number of nitrogen functional groups attached to an aromatic ring is 1. The molecule has 0 bridgehead atoms. The van der Waals surface area contributed by atoms with Crippen LogP contribution < -0.4 is 5.73 Å². The zero-order valence-corrected chi connectivity index (χ0v) is 13.0. The van der Waals surface area contributed by atoms with Crippen LogP contribution in [0.5, 0.6) is 0 Å². The Morgan fingerprint density at radius 3 is 2.91 bits per heavy atom. The van der Waals surface area contributed by atoms with Crippen molar-refractivity contribution in [1.82, 2.24) is 4.90 Å². The summed E-state index contributed by atoms with van der Waals surface area (Å²) in [5, 5.41) is 0.582. The Bertz CT molecular complexity index is 671. The highest BCUT2D eigenvalue weighted by Gasteiger charge is 2.43. The Labute approximate surface area is 133 Å². The fraction of sp³-hybridized carbons (Fsp3) is 0.375. The predicted octanol–water partition coefficient (Wildman–Crippen LogP) is 2.24. The van der Waals surface area contributed by atoms with Gasteiger partial charge < -0.3 is 15.4 Å². The molecule has 2 aliphatic rings. The molecule has 0 saturated carbocycles. The first-order valence-corrected chi connectivity index (χ1v) is 7.55. The van der Waals surface area contributed by atoms with Crippen molar-refractivity contribution in [2.75, 3.05) is 12.8 Å². The Kier molecular flexibility index (Phi) is 3.83. The smallest absolute Gasteiger partial charge is 0.328 e. The van der Waals surface area contributed by atoms with E-state index in [4.69, 9.17) is 22.1 Å². The summed E-state index contributed by atoms with van der Waals surface area (Å²) in [5.41, 5.74) is 8.26. The van der Waals surface area contributed by atoms with Gasteiger partial charge in [0.1, 0.15) is 6.04 Å². The van der Waals surface area contributed by atoms with Crippen molar-refractivity contribution in [2.45, 2.75) is 31.3 Å². The zero-order valence-electron chi connectivity index (χ0n) is 12.2. The molecule has 0 aromatic heterocycles. The second-order valence-corrected chi connectivity index (χ2v) is 6.06. The number of esters is 1. The Hall–Kier alpha value is -2.01. The molecule has 116 valence electrons. The monoisotopic (exact) mass is 320 g/mol. The maximum atomic E-state index is 12.5. The SMILES string of the molecule is COC(=O)[C@@H]1CCC2CC(c3cc(Cl)ccc3N)=CC(=O)N21. The highest BCUT2D eigenvalue weighted by atomic mass is 35.5. The summed E-state index contributed by atoms with van der Waals surface area (Å²) >= 11 is 6.03. The van der Waals surface area contributed by atoms with Gasteiger partial charge in [0.15, 0.2) is 0 Å². The second kappa shape index (κ2) is 5.65. The molecule has 2 heterocycles. The van der Waals surface area contributed by atoms with Crippen LogP contribution in [-0.4, -0.2) is 36.0 Å². The van der Waals surface area contributed by atoms with Crippen LogP contribution >= 0.6 is 11.6 Å². The summed E-state index contributed by atoms with van der Waals surface area (Å²) in [5.74, 6) is -0.520. The van der Waals surface area contributed by atoms with Crippen molar-refractivity contribution in [1.29, 1.82) is 0 Å². The average Bonchev–Trinajstić information content (AvgIpc) is 2.93. The van der Waals surface area contributed by atoms with Crippen LogP contribution in [0.25, 0.3) is 5.57 Å². The first kappa shape index (κ1) is 14.9. The largest absolute Gasteiger partial charge is 0.467 e. The third-order valence-electron chi connectivity index (χ3n) is 4.34. The highest BCUT2D eigenvalue weighted by Crippen LogP contribution is 2.38. The summed E-state index contributed by atoms with van der Waals surface area (Å²) in [6, 6.07) is 4.77. The molecule has 2 N–H and O–H groups in total. The molecule has 2 atom stereocenters. The number of anilines is 1. The molecule has 1 aromatic rings. The number of fused-ring (bicyclic) bond motifs is 1. The third-order valence-corrected chi connectivity index (χ3v) is 4.58. The van der Waals surface area contributed by atoms with E-state index < -0.39 is 6.04 Å². The van der Waals surface area contributed by atoms with Crippen LogP contribution in [0.4, 0.5) is 5.69 Å². The van der Waals surface area contributed by atoms with E-state index in [9.17, 15) is 9.59 Å². The Morgan fingerprint density at radius 2 is 2.18 bits per heavy atom. The third kappa shape index (κ3) is 2.46. The first-order chi connectivity index (χ1) is 10.5. The van der Waals surface area contributed by atoms with Crippen molar-refractivity contribution in [3.05, 3.63) is 34.9 Å². The van der Waals surface area contributed by atoms with Gasteiger partial charge in [0.25, 0.3) is 0 Å². The Balaban J connectivity index is 1.93. The minimum absolute atomic E-state index is 0.00924. The van der Waals surface area contributed by atoms with E-state index in [0.717, 1.165) is 17.6 Å².